The minimum Gasteiger partial charge on any atom is -0.454 e. The molecule has 0 fully saturated rings. The lowest BCUT2D eigenvalue weighted by atomic mass is 10.2. The van der Waals surface area contributed by atoms with Crippen molar-refractivity contribution < 1.29 is 27.5 Å². The molecule has 1 heterocycles. The Hall–Kier alpha value is -3.82. The SMILES string of the molecule is O=C(COC(=O)Cn1nc(-c2ccccc2)oc1=O)Nc1cc(F)ccc1F. The zero-order valence-corrected chi connectivity index (χ0v) is 14.2. The summed E-state index contributed by atoms with van der Waals surface area (Å²) in [6.45, 7) is -1.34. The molecule has 0 unspecified atom stereocenters. The third kappa shape index (κ3) is 4.67. The number of aromatic nitrogens is 2. The van der Waals surface area contributed by atoms with Gasteiger partial charge in [0.05, 0.1) is 5.69 Å². The van der Waals surface area contributed by atoms with E-state index < -0.39 is 42.4 Å². The maximum atomic E-state index is 13.5. The minimum atomic E-state index is -0.940. The van der Waals surface area contributed by atoms with Gasteiger partial charge >= 0.3 is 11.7 Å². The number of hydrogen-bond acceptors (Lipinski definition) is 6. The van der Waals surface area contributed by atoms with Crippen LogP contribution in [0.4, 0.5) is 14.5 Å². The van der Waals surface area contributed by atoms with Gasteiger partial charge in [0, 0.05) is 11.6 Å². The summed E-state index contributed by atoms with van der Waals surface area (Å²) in [5.74, 6) is -4.25. The third-order valence-electron chi connectivity index (χ3n) is 3.47. The molecule has 3 rings (SSSR count). The van der Waals surface area contributed by atoms with Crippen molar-refractivity contribution in [2.45, 2.75) is 6.54 Å². The number of benzene rings is 2. The Kier molecular flexibility index (Phi) is 5.58. The van der Waals surface area contributed by atoms with E-state index >= 15 is 0 Å². The van der Waals surface area contributed by atoms with Crippen LogP contribution in [-0.2, 0) is 20.9 Å². The summed E-state index contributed by atoms with van der Waals surface area (Å²) < 4.78 is 36.9. The maximum absolute atomic E-state index is 13.5. The maximum Gasteiger partial charge on any atom is 0.437 e. The molecule has 0 radical (unpaired) electrons. The van der Waals surface area contributed by atoms with Crippen molar-refractivity contribution in [1.29, 1.82) is 0 Å². The highest BCUT2D eigenvalue weighted by atomic mass is 19.1. The standard InChI is InChI=1S/C18H13F2N3O5/c19-12-6-7-13(20)14(8-12)21-15(24)10-27-16(25)9-23-18(26)28-17(22-23)11-4-2-1-3-5-11/h1-8H,9-10H2,(H,21,24). The van der Waals surface area contributed by atoms with Crippen LogP contribution in [0.25, 0.3) is 11.5 Å². The Labute approximate surface area is 156 Å². The fourth-order valence-electron chi connectivity index (χ4n) is 2.20. The molecule has 10 heteroatoms. The van der Waals surface area contributed by atoms with Gasteiger partial charge in [-0.2, -0.15) is 4.68 Å². The summed E-state index contributed by atoms with van der Waals surface area (Å²) >= 11 is 0. The fourth-order valence-corrected chi connectivity index (χ4v) is 2.20. The molecular formula is C18H13F2N3O5. The van der Waals surface area contributed by atoms with Crippen molar-refractivity contribution in [1.82, 2.24) is 9.78 Å². The van der Waals surface area contributed by atoms with E-state index in [-0.39, 0.29) is 11.6 Å². The Balaban J connectivity index is 1.56. The number of rotatable bonds is 6. The molecule has 28 heavy (non-hydrogen) atoms. The van der Waals surface area contributed by atoms with Crippen LogP contribution in [-0.4, -0.2) is 28.3 Å². The van der Waals surface area contributed by atoms with Crippen molar-refractivity contribution >= 4 is 17.6 Å². The summed E-state index contributed by atoms with van der Waals surface area (Å²) in [6, 6.07) is 11.1. The van der Waals surface area contributed by atoms with Gasteiger partial charge < -0.3 is 14.5 Å². The molecule has 2 aromatic carbocycles. The number of nitrogens with one attached hydrogen (secondary N) is 1. The normalized spacial score (nSPS) is 10.5. The van der Waals surface area contributed by atoms with Gasteiger partial charge in [-0.15, -0.1) is 5.10 Å². The molecule has 144 valence electrons. The molecule has 0 aliphatic heterocycles. The van der Waals surface area contributed by atoms with Gasteiger partial charge in [-0.25, -0.2) is 13.6 Å². The first-order valence-corrected chi connectivity index (χ1v) is 7.96. The highest BCUT2D eigenvalue weighted by Crippen LogP contribution is 2.15. The number of amides is 1. The molecule has 0 aliphatic rings. The average Bonchev–Trinajstić information content (AvgIpc) is 3.04. The lowest BCUT2D eigenvalue weighted by Crippen LogP contribution is -2.26. The predicted molar refractivity (Wildman–Crippen MR) is 92.1 cm³/mol. The van der Waals surface area contributed by atoms with Crippen molar-refractivity contribution in [2.24, 2.45) is 0 Å². The molecule has 0 aliphatic carbocycles. The van der Waals surface area contributed by atoms with Crippen LogP contribution in [0.2, 0.25) is 0 Å². The number of hydrogen-bond donors (Lipinski definition) is 1. The fraction of sp³-hybridized carbons (Fsp3) is 0.111. The monoisotopic (exact) mass is 389 g/mol. The van der Waals surface area contributed by atoms with Crippen LogP contribution < -0.4 is 11.1 Å². The minimum absolute atomic E-state index is 0.0257. The number of esters is 1. The predicted octanol–water partition coefficient (Wildman–Crippen LogP) is 1.96. The van der Waals surface area contributed by atoms with Crippen LogP contribution in [0.5, 0.6) is 0 Å². The van der Waals surface area contributed by atoms with E-state index in [2.05, 4.69) is 10.4 Å². The van der Waals surface area contributed by atoms with Crippen LogP contribution in [0, 0.1) is 11.6 Å². The number of ether oxygens (including phenoxy) is 1. The van der Waals surface area contributed by atoms with Crippen molar-refractivity contribution in [2.75, 3.05) is 11.9 Å². The molecule has 0 bridgehead atoms. The molecule has 1 N–H and O–H groups in total. The summed E-state index contributed by atoms with van der Waals surface area (Å²) in [7, 11) is 0. The molecular weight excluding hydrogens is 376 g/mol. The molecule has 0 saturated carbocycles. The van der Waals surface area contributed by atoms with Gasteiger partial charge in [0.15, 0.2) is 6.61 Å². The van der Waals surface area contributed by atoms with E-state index in [0.717, 1.165) is 22.9 Å². The zero-order chi connectivity index (χ0) is 20.1. The number of nitrogens with zero attached hydrogens (tertiary/aromatic N) is 2. The molecule has 0 atom stereocenters. The number of carbonyl (C=O) groups is 2. The van der Waals surface area contributed by atoms with Gasteiger partial charge in [0.25, 0.3) is 5.91 Å². The van der Waals surface area contributed by atoms with E-state index in [1.807, 2.05) is 0 Å². The first-order chi connectivity index (χ1) is 13.4. The zero-order valence-electron chi connectivity index (χ0n) is 14.2. The van der Waals surface area contributed by atoms with Gasteiger partial charge in [-0.3, -0.25) is 9.59 Å². The van der Waals surface area contributed by atoms with Gasteiger partial charge in [0.2, 0.25) is 5.89 Å². The second-order valence-corrected chi connectivity index (χ2v) is 5.53. The Bertz CT molecular complexity index is 1060. The quantitative estimate of drug-likeness (QED) is 0.647. The van der Waals surface area contributed by atoms with Gasteiger partial charge in [-0.05, 0) is 24.3 Å². The van der Waals surface area contributed by atoms with Crippen molar-refractivity contribution in [3.05, 3.63) is 70.7 Å². The molecule has 0 saturated heterocycles. The second kappa shape index (κ2) is 8.25. The van der Waals surface area contributed by atoms with Crippen LogP contribution in [0.15, 0.2) is 57.7 Å². The van der Waals surface area contributed by atoms with Crippen molar-refractivity contribution in [3.63, 3.8) is 0 Å². The number of carbonyl (C=O) groups excluding carboxylic acids is 2. The summed E-state index contributed by atoms with van der Waals surface area (Å²) in [4.78, 5) is 35.3. The smallest absolute Gasteiger partial charge is 0.437 e. The lowest BCUT2D eigenvalue weighted by Gasteiger charge is -2.07. The van der Waals surface area contributed by atoms with Gasteiger partial charge in [-0.1, -0.05) is 18.2 Å². The van der Waals surface area contributed by atoms with E-state index in [9.17, 15) is 23.2 Å². The largest absolute Gasteiger partial charge is 0.454 e. The summed E-state index contributed by atoms with van der Waals surface area (Å²) in [5.41, 5.74) is 0.157. The van der Waals surface area contributed by atoms with E-state index in [1.54, 1.807) is 30.3 Å². The Morgan fingerprint density at radius 2 is 1.89 bits per heavy atom. The first-order valence-electron chi connectivity index (χ1n) is 7.96. The topological polar surface area (TPSA) is 103 Å². The lowest BCUT2D eigenvalue weighted by molar-refractivity contribution is -0.148. The third-order valence-corrected chi connectivity index (χ3v) is 3.47. The van der Waals surface area contributed by atoms with E-state index in [0.29, 0.717) is 5.56 Å². The Morgan fingerprint density at radius 1 is 1.14 bits per heavy atom. The van der Waals surface area contributed by atoms with E-state index in [4.69, 9.17) is 9.15 Å². The number of halogens is 2. The van der Waals surface area contributed by atoms with E-state index in [1.165, 1.54) is 0 Å². The molecule has 0 spiro atoms. The molecule has 8 nitrogen and oxygen atoms in total. The molecule has 1 amide bonds. The molecule has 3 aromatic rings. The van der Waals surface area contributed by atoms with Crippen molar-refractivity contribution in [3.8, 4) is 11.5 Å². The van der Waals surface area contributed by atoms with Crippen LogP contribution in [0.3, 0.4) is 0 Å². The molecule has 1 aromatic heterocycles. The van der Waals surface area contributed by atoms with Gasteiger partial charge in [0.1, 0.15) is 18.2 Å². The highest BCUT2D eigenvalue weighted by molar-refractivity contribution is 5.92. The second-order valence-electron chi connectivity index (χ2n) is 5.53. The van der Waals surface area contributed by atoms with Crippen LogP contribution in [0.1, 0.15) is 0 Å². The summed E-state index contributed by atoms with van der Waals surface area (Å²) in [6.07, 6.45) is 0. The number of anilines is 1. The Morgan fingerprint density at radius 3 is 2.64 bits per heavy atom. The average molecular weight is 389 g/mol. The van der Waals surface area contributed by atoms with Crippen LogP contribution >= 0.6 is 0 Å². The highest BCUT2D eigenvalue weighted by Gasteiger charge is 2.15. The summed E-state index contributed by atoms with van der Waals surface area (Å²) in [5, 5.41) is 5.95. The first kappa shape index (κ1) is 19.0.